The lowest BCUT2D eigenvalue weighted by Gasteiger charge is -2.25. The zero-order chi connectivity index (χ0) is 11.1. The number of hydrogen-bond donors (Lipinski definition) is 0. The molecule has 3 nitrogen and oxygen atoms in total. The van der Waals surface area contributed by atoms with Gasteiger partial charge in [0.05, 0.1) is 12.5 Å². The van der Waals surface area contributed by atoms with E-state index >= 15 is 0 Å². The van der Waals surface area contributed by atoms with Crippen LogP contribution in [0.5, 0.6) is 0 Å². The first-order valence-electron chi connectivity index (χ1n) is 5.14. The lowest BCUT2D eigenvalue weighted by molar-refractivity contribution is -0.134. The third kappa shape index (κ3) is 4.86. The van der Waals surface area contributed by atoms with Crippen LogP contribution in [0.15, 0.2) is 0 Å². The fraction of sp³-hybridized carbons (Fsp3) is 0.818. The number of rotatable bonds is 5. The number of nitriles is 1. The van der Waals surface area contributed by atoms with Gasteiger partial charge >= 0.3 is 0 Å². The van der Waals surface area contributed by atoms with Gasteiger partial charge in [0.15, 0.2) is 0 Å². The van der Waals surface area contributed by atoms with Crippen LogP contribution >= 0.6 is 0 Å². The van der Waals surface area contributed by atoms with Gasteiger partial charge in [-0.05, 0) is 5.92 Å². The Morgan fingerprint density at radius 3 is 2.29 bits per heavy atom. The van der Waals surface area contributed by atoms with Gasteiger partial charge in [-0.2, -0.15) is 5.26 Å². The minimum atomic E-state index is 0.0208. The van der Waals surface area contributed by atoms with E-state index in [0.29, 0.717) is 18.9 Å². The minimum Gasteiger partial charge on any atom is -0.341 e. The van der Waals surface area contributed by atoms with Gasteiger partial charge in [-0.1, -0.05) is 27.7 Å². The quantitative estimate of drug-likeness (QED) is 0.675. The van der Waals surface area contributed by atoms with E-state index in [-0.39, 0.29) is 11.8 Å². The summed E-state index contributed by atoms with van der Waals surface area (Å²) in [6.45, 7) is 9.24. The highest BCUT2D eigenvalue weighted by Gasteiger charge is 2.17. The van der Waals surface area contributed by atoms with Crippen LogP contribution in [-0.2, 0) is 4.79 Å². The second-order valence-electron chi connectivity index (χ2n) is 4.24. The average Bonchev–Trinajstić information content (AvgIpc) is 2.10. The van der Waals surface area contributed by atoms with Crippen molar-refractivity contribution in [2.45, 2.75) is 34.1 Å². The van der Waals surface area contributed by atoms with Crippen molar-refractivity contribution in [1.29, 1.82) is 5.26 Å². The summed E-state index contributed by atoms with van der Waals surface area (Å²) in [6.07, 6.45) is 0.422. The average molecular weight is 196 g/mol. The summed E-state index contributed by atoms with van der Waals surface area (Å²) in [4.78, 5) is 13.5. The molecule has 0 radical (unpaired) electrons. The molecule has 0 N–H and O–H groups in total. The second-order valence-corrected chi connectivity index (χ2v) is 4.24. The number of carbonyl (C=O) groups is 1. The van der Waals surface area contributed by atoms with Crippen LogP contribution < -0.4 is 0 Å². The molecule has 0 heterocycles. The van der Waals surface area contributed by atoms with Crippen molar-refractivity contribution in [2.24, 2.45) is 11.8 Å². The molecule has 0 rings (SSSR count). The maximum absolute atomic E-state index is 11.7. The van der Waals surface area contributed by atoms with Crippen molar-refractivity contribution in [3.05, 3.63) is 0 Å². The maximum atomic E-state index is 11.7. The summed E-state index contributed by atoms with van der Waals surface area (Å²) in [5.74, 6) is 0.623. The molecule has 0 saturated heterocycles. The van der Waals surface area contributed by atoms with Crippen molar-refractivity contribution < 1.29 is 4.79 Å². The zero-order valence-electron chi connectivity index (χ0n) is 9.58. The van der Waals surface area contributed by atoms with Crippen LogP contribution in [0.3, 0.4) is 0 Å². The summed E-state index contributed by atoms with van der Waals surface area (Å²) in [5.41, 5.74) is 0. The monoisotopic (exact) mass is 196 g/mol. The Morgan fingerprint density at radius 1 is 1.36 bits per heavy atom. The predicted molar refractivity (Wildman–Crippen MR) is 56.5 cm³/mol. The summed E-state index contributed by atoms with van der Waals surface area (Å²) < 4.78 is 0. The molecule has 0 aromatic heterocycles. The topological polar surface area (TPSA) is 44.1 Å². The number of amides is 1. The van der Waals surface area contributed by atoms with Gasteiger partial charge in [0.1, 0.15) is 0 Å². The zero-order valence-corrected chi connectivity index (χ0v) is 9.58. The molecular formula is C11H20N2O. The van der Waals surface area contributed by atoms with E-state index in [4.69, 9.17) is 5.26 Å². The summed E-state index contributed by atoms with van der Waals surface area (Å²) in [6, 6.07) is 2.07. The highest BCUT2D eigenvalue weighted by Crippen LogP contribution is 2.06. The largest absolute Gasteiger partial charge is 0.341 e. The van der Waals surface area contributed by atoms with E-state index < -0.39 is 0 Å². The summed E-state index contributed by atoms with van der Waals surface area (Å²) in [7, 11) is 0. The van der Waals surface area contributed by atoms with Crippen LogP contribution in [0.25, 0.3) is 0 Å². The van der Waals surface area contributed by atoms with Crippen molar-refractivity contribution in [1.82, 2.24) is 4.90 Å². The van der Waals surface area contributed by atoms with Crippen molar-refractivity contribution in [3.63, 3.8) is 0 Å². The minimum absolute atomic E-state index is 0.0208. The third-order valence-corrected chi connectivity index (χ3v) is 1.88. The molecule has 0 aliphatic heterocycles. The van der Waals surface area contributed by atoms with Gasteiger partial charge in [-0.3, -0.25) is 4.79 Å². The van der Waals surface area contributed by atoms with Crippen LogP contribution in [0.1, 0.15) is 34.1 Å². The van der Waals surface area contributed by atoms with Gasteiger partial charge in [0.2, 0.25) is 5.91 Å². The van der Waals surface area contributed by atoms with Crippen molar-refractivity contribution in [2.75, 3.05) is 13.1 Å². The van der Waals surface area contributed by atoms with Gasteiger partial charge in [-0.15, -0.1) is 0 Å². The lowest BCUT2D eigenvalue weighted by atomic mass is 10.1. The van der Waals surface area contributed by atoms with Crippen molar-refractivity contribution in [3.8, 4) is 6.07 Å². The molecule has 3 heteroatoms. The second kappa shape index (κ2) is 6.42. The molecule has 0 atom stereocenters. The Morgan fingerprint density at radius 2 is 1.93 bits per heavy atom. The van der Waals surface area contributed by atoms with E-state index in [1.165, 1.54) is 0 Å². The van der Waals surface area contributed by atoms with E-state index in [0.717, 1.165) is 6.54 Å². The van der Waals surface area contributed by atoms with E-state index in [9.17, 15) is 4.79 Å². The van der Waals surface area contributed by atoms with E-state index in [1.807, 2.05) is 13.8 Å². The SMILES string of the molecule is CC(C)CN(CCC#N)C(=O)C(C)C. The Hall–Kier alpha value is -1.04. The molecule has 14 heavy (non-hydrogen) atoms. The summed E-state index contributed by atoms with van der Waals surface area (Å²) in [5, 5.41) is 8.48. The van der Waals surface area contributed by atoms with Crippen LogP contribution in [-0.4, -0.2) is 23.9 Å². The molecule has 0 bridgehead atoms. The number of nitrogens with zero attached hydrogens (tertiary/aromatic N) is 2. The van der Waals surface area contributed by atoms with Gasteiger partial charge < -0.3 is 4.90 Å². The molecule has 0 unspecified atom stereocenters. The first-order valence-corrected chi connectivity index (χ1v) is 5.14. The van der Waals surface area contributed by atoms with Crippen LogP contribution in [0.2, 0.25) is 0 Å². The van der Waals surface area contributed by atoms with Crippen LogP contribution in [0, 0.1) is 23.2 Å². The van der Waals surface area contributed by atoms with Crippen LogP contribution in [0.4, 0.5) is 0 Å². The first-order chi connectivity index (χ1) is 6.49. The Bertz CT molecular complexity index is 216. The smallest absolute Gasteiger partial charge is 0.225 e. The first kappa shape index (κ1) is 13.0. The molecule has 0 fully saturated rings. The van der Waals surface area contributed by atoms with Crippen molar-refractivity contribution >= 4 is 5.91 Å². The fourth-order valence-corrected chi connectivity index (χ4v) is 1.28. The third-order valence-electron chi connectivity index (χ3n) is 1.88. The predicted octanol–water partition coefficient (Wildman–Crippen LogP) is 2.04. The van der Waals surface area contributed by atoms with Gasteiger partial charge in [-0.25, -0.2) is 0 Å². The molecule has 0 aliphatic carbocycles. The fourth-order valence-electron chi connectivity index (χ4n) is 1.28. The Balaban J connectivity index is 4.24. The van der Waals surface area contributed by atoms with Gasteiger partial charge in [0, 0.05) is 19.0 Å². The Labute approximate surface area is 86.7 Å². The normalized spacial score (nSPS) is 10.4. The van der Waals surface area contributed by atoms with Gasteiger partial charge in [0.25, 0.3) is 0 Å². The molecule has 0 spiro atoms. The molecule has 0 aromatic carbocycles. The molecule has 0 aromatic rings. The van der Waals surface area contributed by atoms with E-state index in [1.54, 1.807) is 4.90 Å². The standard InChI is InChI=1S/C11H20N2O/c1-9(2)8-13(7-5-6-12)11(14)10(3)4/h9-10H,5,7-8H2,1-4H3. The molecular weight excluding hydrogens is 176 g/mol. The maximum Gasteiger partial charge on any atom is 0.225 e. The number of hydrogen-bond acceptors (Lipinski definition) is 2. The molecule has 1 amide bonds. The highest BCUT2D eigenvalue weighted by atomic mass is 16.2. The highest BCUT2D eigenvalue weighted by molar-refractivity contribution is 5.78. The molecule has 80 valence electrons. The molecule has 0 saturated carbocycles. The summed E-state index contributed by atoms with van der Waals surface area (Å²) >= 11 is 0. The lowest BCUT2D eigenvalue weighted by Crippen LogP contribution is -2.37. The molecule has 0 aliphatic rings. The number of carbonyl (C=O) groups excluding carboxylic acids is 1. The Kier molecular flexibility index (Phi) is 5.94. The van der Waals surface area contributed by atoms with E-state index in [2.05, 4.69) is 19.9 Å².